The van der Waals surface area contributed by atoms with Gasteiger partial charge in [-0.15, -0.1) is 0 Å². The summed E-state index contributed by atoms with van der Waals surface area (Å²) in [6, 6.07) is 16.1. The number of benzene rings is 2. The zero-order valence-electron chi connectivity index (χ0n) is 17.9. The van der Waals surface area contributed by atoms with Crippen molar-refractivity contribution in [2.24, 2.45) is 11.3 Å². The molecule has 5 rings (SSSR count). The summed E-state index contributed by atoms with van der Waals surface area (Å²) in [6.45, 7) is 6.28. The fraction of sp³-hybridized carbons (Fsp3) is 0.385. The van der Waals surface area contributed by atoms with Gasteiger partial charge in [0.05, 0.1) is 5.92 Å². The van der Waals surface area contributed by atoms with E-state index in [4.69, 9.17) is 4.74 Å². The summed E-state index contributed by atoms with van der Waals surface area (Å²) in [5, 5.41) is 0. The minimum absolute atomic E-state index is 0.00869. The Kier molecular flexibility index (Phi) is 4.18. The van der Waals surface area contributed by atoms with Crippen molar-refractivity contribution >= 4 is 17.4 Å². The van der Waals surface area contributed by atoms with Gasteiger partial charge in [-0.25, -0.2) is 0 Å². The molecule has 2 aromatic rings. The molecule has 0 saturated carbocycles. The van der Waals surface area contributed by atoms with E-state index in [1.165, 1.54) is 0 Å². The van der Waals surface area contributed by atoms with E-state index in [0.29, 0.717) is 12.8 Å². The second-order valence-corrected chi connectivity index (χ2v) is 9.69. The summed E-state index contributed by atoms with van der Waals surface area (Å²) >= 11 is 0. The standard InChI is InChI=1S/C26H27NO3/c1-15-10-11-18-17(12-15)21-22-19(28)13-26(2,3)14-20(22)30-24(16-8-6-5-7-9-16)23(21)25(29)27(18)4/h5-12,21,23-24H,13-14H2,1-4H3. The van der Waals surface area contributed by atoms with Crippen LogP contribution in [0.15, 0.2) is 59.9 Å². The number of amides is 1. The van der Waals surface area contributed by atoms with Crippen LogP contribution in [-0.4, -0.2) is 18.7 Å². The van der Waals surface area contributed by atoms with Gasteiger partial charge in [0.2, 0.25) is 5.91 Å². The number of ketones is 1. The molecule has 3 atom stereocenters. The Morgan fingerprint density at radius 3 is 2.50 bits per heavy atom. The van der Waals surface area contributed by atoms with E-state index in [0.717, 1.165) is 33.7 Å². The first-order chi connectivity index (χ1) is 14.3. The summed E-state index contributed by atoms with van der Waals surface area (Å²) in [4.78, 5) is 28.7. The Bertz CT molecular complexity index is 1080. The number of ether oxygens (including phenoxy) is 1. The first-order valence-electron chi connectivity index (χ1n) is 10.6. The second-order valence-electron chi connectivity index (χ2n) is 9.69. The highest BCUT2D eigenvalue weighted by molar-refractivity contribution is 6.05. The fourth-order valence-corrected chi connectivity index (χ4v) is 5.42. The molecule has 2 aromatic carbocycles. The molecule has 154 valence electrons. The van der Waals surface area contributed by atoms with Gasteiger partial charge in [-0.2, -0.15) is 0 Å². The van der Waals surface area contributed by atoms with Crippen molar-refractivity contribution in [2.45, 2.75) is 45.6 Å². The van der Waals surface area contributed by atoms with Crippen LogP contribution in [0.3, 0.4) is 0 Å². The lowest BCUT2D eigenvalue weighted by Crippen LogP contribution is -2.49. The molecule has 0 saturated heterocycles. The number of carbonyl (C=O) groups excluding carboxylic acids is 2. The maximum Gasteiger partial charge on any atom is 0.234 e. The number of carbonyl (C=O) groups is 2. The lowest BCUT2D eigenvalue weighted by molar-refractivity contribution is -0.131. The van der Waals surface area contributed by atoms with E-state index in [1.54, 1.807) is 4.90 Å². The van der Waals surface area contributed by atoms with Crippen LogP contribution in [-0.2, 0) is 14.3 Å². The van der Waals surface area contributed by atoms with Gasteiger partial charge in [0, 0.05) is 37.1 Å². The Morgan fingerprint density at radius 2 is 1.77 bits per heavy atom. The molecule has 4 heteroatoms. The number of rotatable bonds is 1. The van der Waals surface area contributed by atoms with Crippen molar-refractivity contribution in [1.82, 2.24) is 0 Å². The predicted octanol–water partition coefficient (Wildman–Crippen LogP) is 5.09. The summed E-state index contributed by atoms with van der Waals surface area (Å²) in [6.07, 6.45) is 0.797. The van der Waals surface area contributed by atoms with Gasteiger partial charge in [-0.05, 0) is 29.5 Å². The molecule has 1 amide bonds. The first-order valence-corrected chi connectivity index (χ1v) is 10.6. The second kappa shape index (κ2) is 6.56. The Hall–Kier alpha value is -2.88. The molecule has 4 nitrogen and oxygen atoms in total. The Labute approximate surface area is 177 Å². The molecule has 3 aliphatic rings. The van der Waals surface area contributed by atoms with E-state index in [9.17, 15) is 9.59 Å². The van der Waals surface area contributed by atoms with Crippen molar-refractivity contribution < 1.29 is 14.3 Å². The summed E-state index contributed by atoms with van der Waals surface area (Å²) in [5.74, 6) is 0.190. The van der Waals surface area contributed by atoms with Crippen LogP contribution >= 0.6 is 0 Å². The van der Waals surface area contributed by atoms with Gasteiger partial charge in [0.1, 0.15) is 11.9 Å². The number of allylic oxidation sites excluding steroid dienone is 2. The van der Waals surface area contributed by atoms with Gasteiger partial charge >= 0.3 is 0 Å². The van der Waals surface area contributed by atoms with Crippen LogP contribution in [0.1, 0.15) is 55.4 Å². The number of hydrogen-bond acceptors (Lipinski definition) is 3. The Balaban J connectivity index is 1.77. The van der Waals surface area contributed by atoms with Crippen molar-refractivity contribution in [3.8, 4) is 0 Å². The minimum Gasteiger partial charge on any atom is -0.489 e. The zero-order valence-corrected chi connectivity index (χ0v) is 17.9. The average Bonchev–Trinajstić information content (AvgIpc) is 2.70. The molecule has 0 radical (unpaired) electrons. The number of aryl methyl sites for hydroxylation is 1. The maximum absolute atomic E-state index is 13.6. The SMILES string of the molecule is Cc1ccc2c(c1)C1C3=C(CC(C)(C)CC3=O)OC(c3ccccc3)C1C(=O)N2C. The largest absolute Gasteiger partial charge is 0.489 e. The third-order valence-electron chi connectivity index (χ3n) is 6.77. The van der Waals surface area contributed by atoms with Gasteiger partial charge in [0.25, 0.3) is 0 Å². The van der Waals surface area contributed by atoms with E-state index < -0.39 is 12.0 Å². The lowest BCUT2D eigenvalue weighted by atomic mass is 9.64. The zero-order chi connectivity index (χ0) is 21.2. The highest BCUT2D eigenvalue weighted by Gasteiger charge is 2.53. The molecule has 3 unspecified atom stereocenters. The smallest absolute Gasteiger partial charge is 0.234 e. The molecule has 2 aliphatic heterocycles. The number of anilines is 1. The maximum atomic E-state index is 13.6. The molecule has 30 heavy (non-hydrogen) atoms. The van der Waals surface area contributed by atoms with E-state index in [1.807, 2.05) is 49.5 Å². The molecule has 0 aromatic heterocycles. The van der Waals surface area contributed by atoms with Crippen LogP contribution in [0, 0.1) is 18.3 Å². The van der Waals surface area contributed by atoms with E-state index >= 15 is 0 Å². The van der Waals surface area contributed by atoms with Crippen LogP contribution in [0.5, 0.6) is 0 Å². The van der Waals surface area contributed by atoms with E-state index in [2.05, 4.69) is 26.8 Å². The Morgan fingerprint density at radius 1 is 1.03 bits per heavy atom. The lowest BCUT2D eigenvalue weighted by Gasteiger charge is -2.48. The molecule has 0 bridgehead atoms. The van der Waals surface area contributed by atoms with Gasteiger partial charge in [-0.3, -0.25) is 9.59 Å². The molecule has 1 aliphatic carbocycles. The molecule has 2 heterocycles. The highest BCUT2D eigenvalue weighted by Crippen LogP contribution is 2.56. The number of fused-ring (bicyclic) bond motifs is 4. The van der Waals surface area contributed by atoms with Crippen LogP contribution < -0.4 is 4.90 Å². The average molecular weight is 402 g/mol. The summed E-state index contributed by atoms with van der Waals surface area (Å²) < 4.78 is 6.53. The normalized spacial score (nSPS) is 27.2. The van der Waals surface area contributed by atoms with Gasteiger partial charge in [-0.1, -0.05) is 61.9 Å². The van der Waals surface area contributed by atoms with Crippen LogP contribution in [0.25, 0.3) is 0 Å². The molecule has 0 fully saturated rings. The van der Waals surface area contributed by atoms with Crippen molar-refractivity contribution in [2.75, 3.05) is 11.9 Å². The van der Waals surface area contributed by atoms with Gasteiger partial charge in [0.15, 0.2) is 5.78 Å². The monoisotopic (exact) mass is 401 g/mol. The van der Waals surface area contributed by atoms with Crippen molar-refractivity contribution in [3.63, 3.8) is 0 Å². The number of Topliss-reactive ketones (excluding diaryl/α,β-unsaturated/α-hetero) is 1. The molecule has 0 spiro atoms. The number of hydrogen-bond donors (Lipinski definition) is 0. The van der Waals surface area contributed by atoms with E-state index in [-0.39, 0.29) is 23.0 Å². The fourth-order valence-electron chi connectivity index (χ4n) is 5.42. The van der Waals surface area contributed by atoms with Crippen molar-refractivity contribution in [3.05, 3.63) is 76.6 Å². The quantitative estimate of drug-likeness (QED) is 0.669. The predicted molar refractivity (Wildman–Crippen MR) is 116 cm³/mol. The molecule has 0 N–H and O–H groups in total. The minimum atomic E-state index is -0.449. The molecular formula is C26H27NO3. The summed E-state index contributed by atoms with van der Waals surface area (Å²) in [5.41, 5.74) is 4.64. The highest BCUT2D eigenvalue weighted by atomic mass is 16.5. The third kappa shape index (κ3) is 2.81. The number of nitrogens with zero attached hydrogens (tertiary/aromatic N) is 1. The van der Waals surface area contributed by atoms with Gasteiger partial charge < -0.3 is 9.64 Å². The van der Waals surface area contributed by atoms with Crippen molar-refractivity contribution in [1.29, 1.82) is 0 Å². The topological polar surface area (TPSA) is 46.6 Å². The third-order valence-corrected chi connectivity index (χ3v) is 6.77. The molecular weight excluding hydrogens is 374 g/mol. The summed E-state index contributed by atoms with van der Waals surface area (Å²) in [7, 11) is 1.82. The van der Waals surface area contributed by atoms with Crippen LogP contribution in [0.2, 0.25) is 0 Å². The van der Waals surface area contributed by atoms with Crippen LogP contribution in [0.4, 0.5) is 5.69 Å². The first kappa shape index (κ1) is 19.1.